The van der Waals surface area contributed by atoms with E-state index in [0.717, 1.165) is 32.1 Å². The SMILES string of the molecule is CC(=O)N1CCN(c2ccc(N3CC[C@@H]4CN(C)C[C@@H]43)cc2)CC1. The molecule has 0 aliphatic carbocycles. The number of carbonyl (C=O) groups excluding carboxylic acids is 1. The number of benzene rings is 1. The summed E-state index contributed by atoms with van der Waals surface area (Å²) in [4.78, 5) is 20.8. The van der Waals surface area contributed by atoms with Crippen molar-refractivity contribution in [3.05, 3.63) is 24.3 Å². The first-order valence-electron chi connectivity index (χ1n) is 9.17. The summed E-state index contributed by atoms with van der Waals surface area (Å²) in [5.74, 6) is 1.03. The Morgan fingerprint density at radius 3 is 2.29 bits per heavy atom. The second-order valence-corrected chi connectivity index (χ2v) is 7.54. The minimum absolute atomic E-state index is 0.190. The van der Waals surface area contributed by atoms with Crippen molar-refractivity contribution in [2.45, 2.75) is 19.4 Å². The zero-order valence-corrected chi connectivity index (χ0v) is 14.8. The van der Waals surface area contributed by atoms with Gasteiger partial charge in [-0.3, -0.25) is 4.79 Å². The number of likely N-dealkylation sites (tertiary alicyclic amines) is 1. The van der Waals surface area contributed by atoms with Crippen LogP contribution in [0.5, 0.6) is 0 Å². The van der Waals surface area contributed by atoms with Crippen LogP contribution in [0.25, 0.3) is 0 Å². The third kappa shape index (κ3) is 2.86. The molecule has 0 saturated carbocycles. The maximum absolute atomic E-state index is 11.4. The van der Waals surface area contributed by atoms with Gasteiger partial charge in [-0.25, -0.2) is 0 Å². The van der Waals surface area contributed by atoms with Gasteiger partial charge in [0.2, 0.25) is 5.91 Å². The van der Waals surface area contributed by atoms with Crippen LogP contribution in [0.2, 0.25) is 0 Å². The van der Waals surface area contributed by atoms with Crippen molar-refractivity contribution in [1.82, 2.24) is 9.80 Å². The highest BCUT2D eigenvalue weighted by Crippen LogP contribution is 2.35. The van der Waals surface area contributed by atoms with E-state index in [9.17, 15) is 4.79 Å². The number of fused-ring (bicyclic) bond motifs is 1. The van der Waals surface area contributed by atoms with Crippen LogP contribution in [0.4, 0.5) is 11.4 Å². The van der Waals surface area contributed by atoms with E-state index in [0.29, 0.717) is 6.04 Å². The topological polar surface area (TPSA) is 30.0 Å². The smallest absolute Gasteiger partial charge is 0.219 e. The van der Waals surface area contributed by atoms with Gasteiger partial charge in [0, 0.05) is 70.2 Å². The molecule has 1 aromatic carbocycles. The fraction of sp³-hybridized carbons (Fsp3) is 0.632. The van der Waals surface area contributed by atoms with E-state index in [2.05, 4.69) is 46.0 Å². The van der Waals surface area contributed by atoms with Gasteiger partial charge in [0.05, 0.1) is 0 Å². The molecule has 130 valence electrons. The molecule has 0 spiro atoms. The molecule has 0 unspecified atom stereocenters. The Morgan fingerprint density at radius 2 is 1.62 bits per heavy atom. The highest BCUT2D eigenvalue weighted by molar-refractivity contribution is 5.73. The lowest BCUT2D eigenvalue weighted by molar-refractivity contribution is -0.129. The van der Waals surface area contributed by atoms with Crippen molar-refractivity contribution >= 4 is 17.3 Å². The number of amides is 1. The molecule has 24 heavy (non-hydrogen) atoms. The van der Waals surface area contributed by atoms with Gasteiger partial charge in [-0.15, -0.1) is 0 Å². The highest BCUT2D eigenvalue weighted by atomic mass is 16.2. The maximum atomic E-state index is 11.4. The fourth-order valence-corrected chi connectivity index (χ4v) is 4.63. The van der Waals surface area contributed by atoms with Gasteiger partial charge in [-0.2, -0.15) is 0 Å². The summed E-state index contributed by atoms with van der Waals surface area (Å²) in [6, 6.07) is 9.77. The Hall–Kier alpha value is -1.75. The fourth-order valence-electron chi connectivity index (χ4n) is 4.63. The molecule has 4 rings (SSSR count). The van der Waals surface area contributed by atoms with Gasteiger partial charge in [0.25, 0.3) is 0 Å². The summed E-state index contributed by atoms with van der Waals surface area (Å²) >= 11 is 0. The molecule has 0 radical (unpaired) electrons. The van der Waals surface area contributed by atoms with Gasteiger partial charge in [0.15, 0.2) is 0 Å². The van der Waals surface area contributed by atoms with Crippen LogP contribution < -0.4 is 9.80 Å². The minimum Gasteiger partial charge on any atom is -0.368 e. The summed E-state index contributed by atoms with van der Waals surface area (Å²) < 4.78 is 0. The predicted octanol–water partition coefficient (Wildman–Crippen LogP) is 1.50. The lowest BCUT2D eigenvalue weighted by atomic mass is 10.0. The first-order chi connectivity index (χ1) is 11.6. The largest absolute Gasteiger partial charge is 0.368 e. The van der Waals surface area contributed by atoms with Crippen molar-refractivity contribution in [3.63, 3.8) is 0 Å². The van der Waals surface area contributed by atoms with Crippen molar-refractivity contribution in [1.29, 1.82) is 0 Å². The third-order valence-electron chi connectivity index (χ3n) is 6.00. The number of hydrogen-bond donors (Lipinski definition) is 0. The maximum Gasteiger partial charge on any atom is 0.219 e. The molecule has 5 heteroatoms. The molecule has 3 fully saturated rings. The molecular weight excluding hydrogens is 300 g/mol. The molecule has 1 amide bonds. The van der Waals surface area contributed by atoms with Crippen LogP contribution in [0.1, 0.15) is 13.3 Å². The standard InChI is InChI=1S/C19H28N4O/c1-15(24)21-9-11-22(12-10-21)17-3-5-18(6-4-17)23-8-7-16-13-20(2)14-19(16)23/h3-6,16,19H,7-14H2,1-2H3/t16-,19+/m1/s1. The molecule has 3 aliphatic heterocycles. The number of anilines is 2. The monoisotopic (exact) mass is 328 g/mol. The molecule has 3 heterocycles. The Balaban J connectivity index is 1.41. The van der Waals surface area contributed by atoms with Gasteiger partial charge in [-0.1, -0.05) is 0 Å². The number of carbonyl (C=O) groups is 1. The van der Waals surface area contributed by atoms with Gasteiger partial charge in [-0.05, 0) is 43.7 Å². The number of piperazine rings is 1. The van der Waals surface area contributed by atoms with Crippen LogP contribution >= 0.6 is 0 Å². The van der Waals surface area contributed by atoms with Crippen LogP contribution in [-0.2, 0) is 4.79 Å². The molecule has 0 aromatic heterocycles. The van der Waals surface area contributed by atoms with Gasteiger partial charge in [0.1, 0.15) is 0 Å². The van der Waals surface area contributed by atoms with Crippen molar-refractivity contribution in [2.24, 2.45) is 5.92 Å². The molecule has 0 bridgehead atoms. The predicted molar refractivity (Wildman–Crippen MR) is 97.6 cm³/mol. The highest BCUT2D eigenvalue weighted by Gasteiger charge is 2.39. The molecule has 0 N–H and O–H groups in total. The average molecular weight is 328 g/mol. The number of nitrogens with zero attached hydrogens (tertiary/aromatic N) is 4. The van der Waals surface area contributed by atoms with E-state index in [1.807, 2.05) is 4.90 Å². The van der Waals surface area contributed by atoms with Crippen molar-refractivity contribution in [2.75, 3.05) is 62.7 Å². The van der Waals surface area contributed by atoms with Crippen LogP contribution in [-0.4, -0.2) is 74.6 Å². The van der Waals surface area contributed by atoms with E-state index in [1.54, 1.807) is 6.92 Å². The molecule has 1 aromatic rings. The summed E-state index contributed by atoms with van der Waals surface area (Å²) in [5.41, 5.74) is 2.64. The van der Waals surface area contributed by atoms with Crippen LogP contribution in [0.3, 0.4) is 0 Å². The van der Waals surface area contributed by atoms with E-state index in [4.69, 9.17) is 0 Å². The Morgan fingerprint density at radius 1 is 0.958 bits per heavy atom. The minimum atomic E-state index is 0.190. The first-order valence-corrected chi connectivity index (χ1v) is 9.17. The zero-order chi connectivity index (χ0) is 16.7. The molecule has 3 saturated heterocycles. The van der Waals surface area contributed by atoms with Crippen LogP contribution in [0, 0.1) is 5.92 Å². The van der Waals surface area contributed by atoms with Crippen molar-refractivity contribution < 1.29 is 4.79 Å². The average Bonchev–Trinajstić information content (AvgIpc) is 3.14. The molecular formula is C19H28N4O. The van der Waals surface area contributed by atoms with E-state index < -0.39 is 0 Å². The first kappa shape index (κ1) is 15.8. The Kier molecular flexibility index (Phi) is 4.12. The second-order valence-electron chi connectivity index (χ2n) is 7.54. The van der Waals surface area contributed by atoms with E-state index in [-0.39, 0.29) is 5.91 Å². The van der Waals surface area contributed by atoms with Crippen molar-refractivity contribution in [3.8, 4) is 0 Å². The van der Waals surface area contributed by atoms with Crippen LogP contribution in [0.15, 0.2) is 24.3 Å². The number of hydrogen-bond acceptors (Lipinski definition) is 4. The number of rotatable bonds is 2. The van der Waals surface area contributed by atoms with Gasteiger partial charge >= 0.3 is 0 Å². The molecule has 3 aliphatic rings. The zero-order valence-electron chi connectivity index (χ0n) is 14.8. The number of likely N-dealkylation sites (N-methyl/N-ethyl adjacent to an activating group) is 1. The Labute approximate surface area is 144 Å². The normalized spacial score (nSPS) is 27.7. The van der Waals surface area contributed by atoms with E-state index >= 15 is 0 Å². The summed E-state index contributed by atoms with van der Waals surface area (Å²) in [5, 5.41) is 0. The lowest BCUT2D eigenvalue weighted by Crippen LogP contribution is -2.48. The Bertz CT molecular complexity index is 594. The quantitative estimate of drug-likeness (QED) is 0.823. The lowest BCUT2D eigenvalue weighted by Gasteiger charge is -2.36. The molecule has 2 atom stereocenters. The summed E-state index contributed by atoms with van der Waals surface area (Å²) in [6.45, 7) is 8.82. The van der Waals surface area contributed by atoms with E-state index in [1.165, 1.54) is 37.4 Å². The third-order valence-corrected chi connectivity index (χ3v) is 6.00. The second kappa shape index (κ2) is 6.28. The van der Waals surface area contributed by atoms with Gasteiger partial charge < -0.3 is 19.6 Å². The summed E-state index contributed by atoms with van der Waals surface area (Å²) in [7, 11) is 2.24. The summed E-state index contributed by atoms with van der Waals surface area (Å²) in [6.07, 6.45) is 1.32. The molecule has 5 nitrogen and oxygen atoms in total.